The maximum atomic E-state index is 11.0. The lowest BCUT2D eigenvalue weighted by molar-refractivity contribution is -0.129. The van der Waals surface area contributed by atoms with Gasteiger partial charge in [0.15, 0.2) is 11.5 Å². The molecule has 1 fully saturated rings. The molecule has 0 atom stereocenters. The summed E-state index contributed by atoms with van der Waals surface area (Å²) in [6.07, 6.45) is 11.7. The molecule has 10 nitrogen and oxygen atoms in total. The lowest BCUT2D eigenvalue weighted by atomic mass is 9.95. The zero-order valence-corrected chi connectivity index (χ0v) is 20.6. The highest BCUT2D eigenvalue weighted by Gasteiger charge is 2.17. The van der Waals surface area contributed by atoms with Crippen LogP contribution < -0.4 is 20.9 Å². The number of nitrogens with one attached hydrogen (secondary N) is 4. The van der Waals surface area contributed by atoms with E-state index in [0.717, 1.165) is 61.3 Å². The molecule has 2 aromatic heterocycles. The number of carbonyl (C=O) groups excluding carboxylic acids is 1. The molecule has 1 aliphatic carbocycles. The van der Waals surface area contributed by atoms with Gasteiger partial charge in [-0.25, -0.2) is 10.5 Å². The average molecular weight is 504 g/mol. The van der Waals surface area contributed by atoms with Gasteiger partial charge in [-0.3, -0.25) is 10.0 Å². The van der Waals surface area contributed by atoms with Crippen LogP contribution in [0.15, 0.2) is 30.6 Å². The lowest BCUT2D eigenvalue weighted by Gasteiger charge is -2.23. The van der Waals surface area contributed by atoms with Crippen molar-refractivity contribution in [3.05, 3.63) is 30.6 Å². The summed E-state index contributed by atoms with van der Waals surface area (Å²) in [6.45, 7) is 0.619. The van der Waals surface area contributed by atoms with Crippen LogP contribution in [0, 0.1) is 0 Å². The normalized spacial score (nSPS) is 13.7. The molecule has 1 aliphatic rings. The van der Waals surface area contributed by atoms with E-state index in [4.69, 9.17) is 14.9 Å². The number of aromatic nitrogens is 4. The molecule has 0 radical (unpaired) electrons. The quantitative estimate of drug-likeness (QED) is 0.131. The third-order valence-corrected chi connectivity index (χ3v) is 6.03. The fourth-order valence-corrected chi connectivity index (χ4v) is 4.18. The first-order chi connectivity index (χ1) is 16.7. The Hall–Kier alpha value is -3.11. The van der Waals surface area contributed by atoms with Crippen molar-refractivity contribution >= 4 is 46.9 Å². The maximum Gasteiger partial charge on any atom is 0.243 e. The Morgan fingerprint density at radius 2 is 1.83 bits per heavy atom. The summed E-state index contributed by atoms with van der Waals surface area (Å²) >= 11 is 0. The second-order valence-corrected chi connectivity index (χ2v) is 8.67. The van der Waals surface area contributed by atoms with Gasteiger partial charge in [-0.15, -0.1) is 12.4 Å². The van der Waals surface area contributed by atoms with Crippen molar-refractivity contribution in [3.63, 3.8) is 0 Å². The minimum absolute atomic E-state index is 0. The van der Waals surface area contributed by atoms with Crippen LogP contribution in [0.3, 0.4) is 0 Å². The Morgan fingerprint density at radius 3 is 2.60 bits per heavy atom. The zero-order valence-electron chi connectivity index (χ0n) is 19.8. The summed E-state index contributed by atoms with van der Waals surface area (Å²) in [5, 5.41) is 15.3. The molecule has 0 bridgehead atoms. The zero-order chi connectivity index (χ0) is 23.6. The van der Waals surface area contributed by atoms with Crippen LogP contribution in [-0.4, -0.2) is 43.7 Å². The number of aromatic amines is 1. The monoisotopic (exact) mass is 503 g/mol. The molecule has 11 heteroatoms. The van der Waals surface area contributed by atoms with Gasteiger partial charge in [-0.1, -0.05) is 32.1 Å². The number of nitrogens with zero attached hydrogens (tertiary/aromatic N) is 3. The van der Waals surface area contributed by atoms with Gasteiger partial charge >= 0.3 is 0 Å². The van der Waals surface area contributed by atoms with E-state index in [1.165, 1.54) is 19.3 Å². The Labute approximate surface area is 211 Å². The van der Waals surface area contributed by atoms with Gasteiger partial charge in [0, 0.05) is 18.2 Å². The number of fused-ring (bicyclic) bond motifs is 1. The molecule has 2 heterocycles. The number of anilines is 3. The predicted octanol–water partition coefficient (Wildman–Crippen LogP) is 5.10. The third-order valence-electron chi connectivity index (χ3n) is 6.03. The number of imidazole rings is 1. The van der Waals surface area contributed by atoms with Gasteiger partial charge < -0.3 is 20.4 Å². The van der Waals surface area contributed by atoms with Gasteiger partial charge in [0.25, 0.3) is 0 Å². The summed E-state index contributed by atoms with van der Waals surface area (Å²) < 4.78 is 5.81. The van der Waals surface area contributed by atoms with Gasteiger partial charge in [-0.2, -0.15) is 9.97 Å². The van der Waals surface area contributed by atoms with Crippen molar-refractivity contribution in [2.45, 2.75) is 70.3 Å². The fourth-order valence-electron chi connectivity index (χ4n) is 4.18. The summed E-state index contributed by atoms with van der Waals surface area (Å²) in [5.74, 6) is 1.75. The van der Waals surface area contributed by atoms with Gasteiger partial charge in [0.1, 0.15) is 11.3 Å². The molecule has 0 saturated heterocycles. The number of hydroxylamine groups is 1. The lowest BCUT2D eigenvalue weighted by Crippen LogP contribution is -2.23. The molecular weight excluding hydrogens is 470 g/mol. The van der Waals surface area contributed by atoms with Crippen LogP contribution in [0.1, 0.15) is 64.2 Å². The standard InChI is InChI=1S/C24H33N7O3.ClH/c32-20(31-33)10-6-1-2-7-15-34-19-13-11-18(12-14-19)28-24-29-22-21(25-16-26-22)23(30-24)27-17-8-4-3-5-9-17;/h11-14,16-17,33H,1-10,15H2,(H,31,32)(H3,25,26,27,28,29,30);1H. The number of H-pyrrole nitrogens is 1. The minimum Gasteiger partial charge on any atom is -0.494 e. The van der Waals surface area contributed by atoms with Crippen LogP contribution in [0.4, 0.5) is 17.5 Å². The van der Waals surface area contributed by atoms with Gasteiger partial charge in [0.05, 0.1) is 12.9 Å². The molecule has 0 unspecified atom stereocenters. The molecule has 35 heavy (non-hydrogen) atoms. The molecule has 0 aliphatic heterocycles. The van der Waals surface area contributed by atoms with E-state index >= 15 is 0 Å². The Morgan fingerprint density at radius 1 is 1.06 bits per heavy atom. The summed E-state index contributed by atoms with van der Waals surface area (Å²) in [7, 11) is 0. The Kier molecular flexibility index (Phi) is 10.4. The number of carbonyl (C=O) groups is 1. The van der Waals surface area contributed by atoms with E-state index in [0.29, 0.717) is 30.7 Å². The second-order valence-electron chi connectivity index (χ2n) is 8.67. The highest BCUT2D eigenvalue weighted by Crippen LogP contribution is 2.26. The van der Waals surface area contributed by atoms with E-state index in [2.05, 4.69) is 25.6 Å². The number of rotatable bonds is 12. The summed E-state index contributed by atoms with van der Waals surface area (Å²) in [6, 6.07) is 8.15. The van der Waals surface area contributed by atoms with Crippen molar-refractivity contribution in [2.24, 2.45) is 0 Å². The van der Waals surface area contributed by atoms with E-state index in [-0.39, 0.29) is 18.3 Å². The van der Waals surface area contributed by atoms with Crippen molar-refractivity contribution < 1.29 is 14.7 Å². The minimum atomic E-state index is -0.337. The Bertz CT molecular complexity index is 1050. The number of benzene rings is 1. The van der Waals surface area contributed by atoms with Gasteiger partial charge in [-0.05, 0) is 49.9 Å². The smallest absolute Gasteiger partial charge is 0.243 e. The molecule has 1 saturated carbocycles. The third kappa shape index (κ3) is 7.97. The van der Waals surface area contributed by atoms with Crippen LogP contribution in [0.5, 0.6) is 5.75 Å². The first-order valence-corrected chi connectivity index (χ1v) is 12.1. The fraction of sp³-hybridized carbons (Fsp3) is 0.500. The van der Waals surface area contributed by atoms with E-state index in [1.807, 2.05) is 24.3 Å². The molecule has 5 N–H and O–H groups in total. The summed E-state index contributed by atoms with van der Waals surface area (Å²) in [5.41, 5.74) is 3.98. The molecule has 1 amide bonds. The van der Waals surface area contributed by atoms with Crippen LogP contribution >= 0.6 is 12.4 Å². The largest absolute Gasteiger partial charge is 0.494 e. The second kappa shape index (κ2) is 13.7. The highest BCUT2D eigenvalue weighted by atomic mass is 35.5. The molecule has 3 aromatic rings. The van der Waals surface area contributed by atoms with E-state index in [1.54, 1.807) is 11.8 Å². The SMILES string of the molecule is Cl.O=C(CCCCCCOc1ccc(Nc2nc(NC3CCCCC3)c3[nH]cnc3n2)cc1)NO. The number of hydrogen-bond acceptors (Lipinski definition) is 8. The molecule has 190 valence electrons. The van der Waals surface area contributed by atoms with Crippen molar-refractivity contribution in [3.8, 4) is 5.75 Å². The van der Waals surface area contributed by atoms with Crippen molar-refractivity contribution in [1.82, 2.24) is 25.4 Å². The topological polar surface area (TPSA) is 137 Å². The molecule has 4 rings (SSSR count). The number of halogens is 1. The molecule has 0 spiro atoms. The van der Waals surface area contributed by atoms with Crippen LogP contribution in [-0.2, 0) is 4.79 Å². The average Bonchev–Trinajstić information content (AvgIpc) is 3.34. The van der Waals surface area contributed by atoms with Crippen LogP contribution in [0.2, 0.25) is 0 Å². The maximum absolute atomic E-state index is 11.0. The molecule has 1 aromatic carbocycles. The number of amides is 1. The van der Waals surface area contributed by atoms with Gasteiger partial charge in [0.2, 0.25) is 11.9 Å². The Balaban J connectivity index is 0.00000342. The number of unbranched alkanes of at least 4 members (excludes halogenated alkanes) is 3. The first-order valence-electron chi connectivity index (χ1n) is 12.1. The van der Waals surface area contributed by atoms with Crippen molar-refractivity contribution in [2.75, 3.05) is 17.2 Å². The van der Waals surface area contributed by atoms with Crippen LogP contribution in [0.25, 0.3) is 11.2 Å². The van der Waals surface area contributed by atoms with E-state index in [9.17, 15) is 4.79 Å². The predicted molar refractivity (Wildman–Crippen MR) is 138 cm³/mol. The van der Waals surface area contributed by atoms with Crippen molar-refractivity contribution in [1.29, 1.82) is 0 Å². The number of hydrogen-bond donors (Lipinski definition) is 5. The summed E-state index contributed by atoms with van der Waals surface area (Å²) in [4.78, 5) is 27.7. The molecular formula is C24H34ClN7O3. The highest BCUT2D eigenvalue weighted by molar-refractivity contribution is 5.85. The van der Waals surface area contributed by atoms with E-state index < -0.39 is 0 Å². The number of ether oxygens (including phenoxy) is 1. The first kappa shape index (κ1) is 26.5.